The van der Waals surface area contributed by atoms with Crippen molar-refractivity contribution < 1.29 is 9.47 Å². The minimum Gasteiger partial charge on any atom is -0.382 e. The Hall–Kier alpha value is -0.850. The fourth-order valence-corrected chi connectivity index (χ4v) is 2.32. The molecule has 0 saturated heterocycles. The highest BCUT2D eigenvalue weighted by atomic mass is 16.5. The normalized spacial score (nSPS) is 12.0. The first kappa shape index (κ1) is 22.1. The molecule has 0 amide bonds. The molecule has 0 atom stereocenters. The molecule has 0 aliphatic heterocycles. The van der Waals surface area contributed by atoms with Crippen molar-refractivity contribution in [3.63, 3.8) is 0 Å². The zero-order chi connectivity index (χ0) is 17.2. The van der Waals surface area contributed by atoms with Gasteiger partial charge in [0.1, 0.15) is 0 Å². The summed E-state index contributed by atoms with van der Waals surface area (Å²) >= 11 is 0. The summed E-state index contributed by atoms with van der Waals surface area (Å²) in [6.45, 7) is 11.9. The molecular formula is C17H38N4O2. The van der Waals surface area contributed by atoms with E-state index in [1.54, 1.807) is 7.11 Å². The van der Waals surface area contributed by atoms with Crippen LogP contribution >= 0.6 is 0 Å². The van der Waals surface area contributed by atoms with Crippen molar-refractivity contribution in [2.45, 2.75) is 39.5 Å². The maximum Gasteiger partial charge on any atom is 0.190 e. The zero-order valence-corrected chi connectivity index (χ0v) is 15.7. The summed E-state index contributed by atoms with van der Waals surface area (Å²) in [6, 6.07) is 0. The second-order valence-corrected chi connectivity index (χ2v) is 5.58. The van der Waals surface area contributed by atoms with Gasteiger partial charge in [-0.25, -0.2) is 0 Å². The number of hydrogen-bond acceptors (Lipinski definition) is 4. The van der Waals surface area contributed by atoms with Crippen molar-refractivity contribution in [1.29, 1.82) is 0 Å². The molecule has 0 aromatic rings. The molecule has 0 heterocycles. The van der Waals surface area contributed by atoms with Crippen molar-refractivity contribution in [3.8, 4) is 0 Å². The Labute approximate surface area is 143 Å². The molecule has 0 radical (unpaired) electrons. The fourth-order valence-electron chi connectivity index (χ4n) is 2.32. The third-order valence-corrected chi connectivity index (χ3v) is 3.44. The molecule has 0 aliphatic carbocycles. The number of aliphatic imine (C=N–C) groups is 1. The number of nitrogens with one attached hydrogen (secondary N) is 2. The predicted octanol–water partition coefficient (Wildman–Crippen LogP) is 1.72. The fraction of sp³-hybridized carbons (Fsp3) is 0.941. The van der Waals surface area contributed by atoms with Crippen LogP contribution in [0.1, 0.15) is 39.5 Å². The van der Waals surface area contributed by atoms with Crippen LogP contribution in [0.5, 0.6) is 0 Å². The maximum atomic E-state index is 5.43. The van der Waals surface area contributed by atoms with E-state index in [2.05, 4.69) is 34.4 Å². The van der Waals surface area contributed by atoms with Gasteiger partial charge < -0.3 is 25.0 Å². The van der Waals surface area contributed by atoms with Gasteiger partial charge >= 0.3 is 0 Å². The Morgan fingerprint density at radius 3 is 2.13 bits per heavy atom. The molecule has 6 heteroatoms. The first-order valence-corrected chi connectivity index (χ1v) is 9.02. The monoisotopic (exact) mass is 330 g/mol. The summed E-state index contributed by atoms with van der Waals surface area (Å²) in [6.07, 6.45) is 4.55. The number of methoxy groups -OCH3 is 1. The van der Waals surface area contributed by atoms with E-state index in [-0.39, 0.29) is 0 Å². The number of guanidine groups is 1. The number of rotatable bonds is 15. The lowest BCUT2D eigenvalue weighted by Gasteiger charge is -2.21. The van der Waals surface area contributed by atoms with Crippen molar-refractivity contribution in [1.82, 2.24) is 15.5 Å². The smallest absolute Gasteiger partial charge is 0.190 e. The Bertz CT molecular complexity index is 269. The number of ether oxygens (including phenoxy) is 2. The van der Waals surface area contributed by atoms with Gasteiger partial charge in [-0.3, -0.25) is 4.99 Å². The predicted molar refractivity (Wildman–Crippen MR) is 98.3 cm³/mol. The van der Waals surface area contributed by atoms with Crippen LogP contribution in [-0.4, -0.2) is 77.6 Å². The zero-order valence-electron chi connectivity index (χ0n) is 15.7. The number of hydrogen-bond donors (Lipinski definition) is 2. The van der Waals surface area contributed by atoms with Crippen molar-refractivity contribution in [2.75, 3.05) is 66.7 Å². The highest BCUT2D eigenvalue weighted by molar-refractivity contribution is 5.79. The van der Waals surface area contributed by atoms with E-state index in [1.165, 1.54) is 25.9 Å². The summed E-state index contributed by atoms with van der Waals surface area (Å²) in [4.78, 5) is 6.78. The van der Waals surface area contributed by atoms with Gasteiger partial charge in [-0.15, -0.1) is 0 Å². The molecule has 2 N–H and O–H groups in total. The Kier molecular flexibility index (Phi) is 16.9. The van der Waals surface area contributed by atoms with Gasteiger partial charge in [-0.2, -0.15) is 0 Å². The van der Waals surface area contributed by atoms with Gasteiger partial charge in [0, 0.05) is 33.9 Å². The third-order valence-electron chi connectivity index (χ3n) is 3.44. The summed E-state index contributed by atoms with van der Waals surface area (Å²) < 4.78 is 10.4. The molecule has 138 valence electrons. The Balaban J connectivity index is 3.61. The summed E-state index contributed by atoms with van der Waals surface area (Å²) in [5.41, 5.74) is 0. The number of nitrogens with zero attached hydrogens (tertiary/aromatic N) is 2. The molecule has 23 heavy (non-hydrogen) atoms. The lowest BCUT2D eigenvalue weighted by atomic mass is 10.3. The van der Waals surface area contributed by atoms with Crippen LogP contribution < -0.4 is 10.6 Å². The standard InChI is InChI=1S/C17H38N4O2/c1-5-11-21(12-6-2)13-7-9-19-17(18-3)20-10-8-14-23-16-15-22-4/h5-16H2,1-4H3,(H2,18,19,20). The molecule has 0 unspecified atom stereocenters. The molecule has 0 rings (SSSR count). The molecule has 0 fully saturated rings. The lowest BCUT2D eigenvalue weighted by molar-refractivity contribution is 0.0698. The first-order valence-electron chi connectivity index (χ1n) is 9.02. The van der Waals surface area contributed by atoms with Crippen LogP contribution in [0.3, 0.4) is 0 Å². The van der Waals surface area contributed by atoms with Gasteiger partial charge in [0.2, 0.25) is 0 Å². The molecule has 0 bridgehead atoms. The lowest BCUT2D eigenvalue weighted by Crippen LogP contribution is -2.39. The van der Waals surface area contributed by atoms with Crippen LogP contribution in [0.15, 0.2) is 4.99 Å². The minimum absolute atomic E-state index is 0.656. The quantitative estimate of drug-likeness (QED) is 0.272. The Morgan fingerprint density at radius 2 is 1.57 bits per heavy atom. The van der Waals surface area contributed by atoms with Gasteiger partial charge in [0.25, 0.3) is 0 Å². The largest absolute Gasteiger partial charge is 0.382 e. The second-order valence-electron chi connectivity index (χ2n) is 5.58. The van der Waals surface area contributed by atoms with Crippen LogP contribution in [0, 0.1) is 0 Å². The SMILES string of the molecule is CCCN(CCC)CCCNC(=NC)NCCCOCCOC. The average molecular weight is 331 g/mol. The van der Waals surface area contributed by atoms with E-state index in [1.807, 2.05) is 7.05 Å². The minimum atomic E-state index is 0.656. The van der Waals surface area contributed by atoms with E-state index in [4.69, 9.17) is 9.47 Å². The van der Waals surface area contributed by atoms with Gasteiger partial charge in [0.15, 0.2) is 5.96 Å². The van der Waals surface area contributed by atoms with Crippen LogP contribution in [-0.2, 0) is 9.47 Å². The molecule has 0 spiro atoms. The molecule has 0 aromatic heterocycles. The highest BCUT2D eigenvalue weighted by Gasteiger charge is 2.02. The van der Waals surface area contributed by atoms with Crippen LogP contribution in [0.4, 0.5) is 0 Å². The van der Waals surface area contributed by atoms with Crippen molar-refractivity contribution >= 4 is 5.96 Å². The molecule has 0 saturated carbocycles. The van der Waals surface area contributed by atoms with Crippen LogP contribution in [0.2, 0.25) is 0 Å². The van der Waals surface area contributed by atoms with Gasteiger partial charge in [0.05, 0.1) is 13.2 Å². The van der Waals surface area contributed by atoms with Gasteiger partial charge in [-0.05, 0) is 45.3 Å². The van der Waals surface area contributed by atoms with Crippen LogP contribution in [0.25, 0.3) is 0 Å². The Morgan fingerprint density at radius 1 is 0.913 bits per heavy atom. The van der Waals surface area contributed by atoms with E-state index in [0.29, 0.717) is 13.2 Å². The highest BCUT2D eigenvalue weighted by Crippen LogP contribution is 1.95. The van der Waals surface area contributed by atoms with E-state index in [9.17, 15) is 0 Å². The van der Waals surface area contributed by atoms with Crippen molar-refractivity contribution in [3.05, 3.63) is 0 Å². The van der Waals surface area contributed by atoms with Gasteiger partial charge in [-0.1, -0.05) is 13.8 Å². The summed E-state index contributed by atoms with van der Waals surface area (Å²) in [5.74, 6) is 0.874. The summed E-state index contributed by atoms with van der Waals surface area (Å²) in [5, 5.41) is 6.68. The molecule has 6 nitrogen and oxygen atoms in total. The van der Waals surface area contributed by atoms with E-state index >= 15 is 0 Å². The first-order chi connectivity index (χ1) is 11.3. The average Bonchev–Trinajstić information content (AvgIpc) is 2.56. The summed E-state index contributed by atoms with van der Waals surface area (Å²) in [7, 11) is 3.50. The molecule has 0 aromatic carbocycles. The topological polar surface area (TPSA) is 58.1 Å². The molecule has 0 aliphatic rings. The third kappa shape index (κ3) is 14.5. The van der Waals surface area contributed by atoms with E-state index < -0.39 is 0 Å². The molecular weight excluding hydrogens is 292 g/mol. The van der Waals surface area contributed by atoms with E-state index in [0.717, 1.165) is 45.0 Å². The van der Waals surface area contributed by atoms with Crippen molar-refractivity contribution in [2.24, 2.45) is 4.99 Å². The second kappa shape index (κ2) is 17.5. The maximum absolute atomic E-state index is 5.43.